The maximum atomic E-state index is 14.4. The number of alkyl halides is 1. The van der Waals surface area contributed by atoms with Gasteiger partial charge in [-0.15, -0.1) is 0 Å². The van der Waals surface area contributed by atoms with Crippen molar-refractivity contribution in [3.63, 3.8) is 0 Å². The fourth-order valence-electron chi connectivity index (χ4n) is 4.80. The molecular weight excluding hydrogens is 521 g/mol. The number of amides is 5. The van der Waals surface area contributed by atoms with E-state index in [0.29, 0.717) is 18.4 Å². The largest absolute Gasteiger partial charge is 0.352 e. The number of halogens is 1. The van der Waals surface area contributed by atoms with E-state index in [1.54, 1.807) is 37.3 Å². The van der Waals surface area contributed by atoms with Gasteiger partial charge in [0.2, 0.25) is 17.7 Å². The van der Waals surface area contributed by atoms with Crippen molar-refractivity contribution in [2.75, 3.05) is 20.1 Å². The molecule has 0 bridgehead atoms. The van der Waals surface area contributed by atoms with Crippen molar-refractivity contribution in [1.82, 2.24) is 25.9 Å². The van der Waals surface area contributed by atoms with E-state index in [9.17, 15) is 33.6 Å². The minimum Gasteiger partial charge on any atom is -0.352 e. The number of nitrogens with zero attached hydrogens (tertiary/aromatic N) is 2. The SMILES string of the molecule is CCCCC(=O)N1C[C@H](F)C[C@H]1C(=O)N(C)[C@H](C(=O)N[C@@H](CCNC(=O)c1ccccc1)C(=O)NO)C(C)CC. The molecule has 4 N–H and O–H groups in total. The Morgan fingerprint density at radius 2 is 1.80 bits per heavy atom. The summed E-state index contributed by atoms with van der Waals surface area (Å²) in [7, 11) is 1.43. The van der Waals surface area contributed by atoms with Crippen molar-refractivity contribution < 1.29 is 33.6 Å². The molecule has 1 aliphatic heterocycles. The van der Waals surface area contributed by atoms with Gasteiger partial charge in [0.05, 0.1) is 6.54 Å². The molecule has 0 spiro atoms. The molecule has 0 aromatic heterocycles. The van der Waals surface area contributed by atoms with Crippen LogP contribution in [-0.2, 0) is 19.2 Å². The smallest absolute Gasteiger partial charge is 0.265 e. The summed E-state index contributed by atoms with van der Waals surface area (Å²) in [4.78, 5) is 66.8. The molecule has 40 heavy (non-hydrogen) atoms. The van der Waals surface area contributed by atoms with Crippen LogP contribution in [0.2, 0.25) is 0 Å². The van der Waals surface area contributed by atoms with Crippen LogP contribution in [0.15, 0.2) is 30.3 Å². The summed E-state index contributed by atoms with van der Waals surface area (Å²) in [5, 5.41) is 14.5. The second-order valence-corrected chi connectivity index (χ2v) is 10.2. The lowest BCUT2D eigenvalue weighted by Gasteiger charge is -2.35. The first-order valence-electron chi connectivity index (χ1n) is 13.8. The van der Waals surface area contributed by atoms with Gasteiger partial charge in [-0.05, 0) is 30.9 Å². The number of carbonyl (C=O) groups excluding carboxylic acids is 5. The molecule has 0 aliphatic carbocycles. The van der Waals surface area contributed by atoms with Gasteiger partial charge in [0.15, 0.2) is 0 Å². The van der Waals surface area contributed by atoms with Crippen molar-refractivity contribution in [2.45, 2.75) is 83.6 Å². The van der Waals surface area contributed by atoms with Crippen molar-refractivity contribution >= 4 is 29.5 Å². The first kappa shape index (κ1) is 32.7. The molecule has 0 radical (unpaired) electrons. The lowest BCUT2D eigenvalue weighted by molar-refractivity contribution is -0.148. The lowest BCUT2D eigenvalue weighted by atomic mass is 9.95. The topological polar surface area (TPSA) is 148 Å². The summed E-state index contributed by atoms with van der Waals surface area (Å²) in [5.41, 5.74) is 1.95. The molecule has 1 aromatic rings. The highest BCUT2D eigenvalue weighted by Gasteiger charge is 2.43. The Hall–Kier alpha value is -3.54. The Bertz CT molecular complexity index is 1030. The summed E-state index contributed by atoms with van der Waals surface area (Å²) in [6, 6.07) is 5.20. The first-order valence-corrected chi connectivity index (χ1v) is 13.8. The summed E-state index contributed by atoms with van der Waals surface area (Å²) in [6.07, 6.45) is 0.611. The van der Waals surface area contributed by atoms with E-state index in [-0.39, 0.29) is 50.1 Å². The number of benzene rings is 1. The Kier molecular flexibility index (Phi) is 13.0. The summed E-state index contributed by atoms with van der Waals surface area (Å²) < 4.78 is 14.4. The molecule has 2 rings (SSSR count). The van der Waals surface area contributed by atoms with Crippen LogP contribution in [0.3, 0.4) is 0 Å². The molecule has 5 amide bonds. The van der Waals surface area contributed by atoms with Gasteiger partial charge in [-0.1, -0.05) is 51.8 Å². The van der Waals surface area contributed by atoms with Crippen molar-refractivity contribution in [3.05, 3.63) is 35.9 Å². The van der Waals surface area contributed by atoms with Crippen LogP contribution in [-0.4, -0.2) is 89.0 Å². The highest BCUT2D eigenvalue weighted by molar-refractivity contribution is 5.95. The molecule has 12 heteroatoms. The number of hydrogen-bond donors (Lipinski definition) is 4. The van der Waals surface area contributed by atoms with Gasteiger partial charge in [0.1, 0.15) is 24.3 Å². The third-order valence-corrected chi connectivity index (χ3v) is 7.31. The zero-order valence-corrected chi connectivity index (χ0v) is 23.7. The highest BCUT2D eigenvalue weighted by Crippen LogP contribution is 2.25. The average molecular weight is 564 g/mol. The second kappa shape index (κ2) is 15.9. The molecule has 1 aliphatic rings. The lowest BCUT2D eigenvalue weighted by Crippen LogP contribution is -2.58. The molecule has 1 saturated heterocycles. The predicted octanol–water partition coefficient (Wildman–Crippen LogP) is 1.80. The second-order valence-electron chi connectivity index (χ2n) is 10.2. The number of unbranched alkanes of at least 4 members (excludes halogenated alkanes) is 1. The number of likely N-dealkylation sites (tertiary alicyclic amines) is 1. The van der Waals surface area contributed by atoms with E-state index in [4.69, 9.17) is 0 Å². The standard InChI is InChI=1S/C28H42FN5O6/c1-5-7-13-23(35)34-17-20(29)16-22(34)28(39)33(4)24(18(3)6-2)27(38)31-21(26(37)32-40)14-15-30-25(36)19-11-9-8-10-12-19/h8-12,18,20-22,24,40H,5-7,13-17H2,1-4H3,(H,30,36)(H,31,38)(H,32,37)/t18?,20-,21+,22+,24+/m1/s1. The van der Waals surface area contributed by atoms with Gasteiger partial charge >= 0.3 is 0 Å². The van der Waals surface area contributed by atoms with Crippen LogP contribution >= 0.6 is 0 Å². The zero-order chi connectivity index (χ0) is 29.8. The summed E-state index contributed by atoms with van der Waals surface area (Å²) in [6.45, 7) is 5.40. The molecule has 5 atom stereocenters. The van der Waals surface area contributed by atoms with Gasteiger partial charge < -0.3 is 20.4 Å². The number of carbonyl (C=O) groups is 5. The third-order valence-electron chi connectivity index (χ3n) is 7.31. The van der Waals surface area contributed by atoms with Gasteiger partial charge in [0.25, 0.3) is 11.8 Å². The number of hydrogen-bond acceptors (Lipinski definition) is 6. The number of hydroxylamine groups is 1. The Labute approximate surface area is 234 Å². The van der Waals surface area contributed by atoms with Crippen molar-refractivity contribution in [1.29, 1.82) is 0 Å². The van der Waals surface area contributed by atoms with Crippen LogP contribution in [0.4, 0.5) is 4.39 Å². The Morgan fingerprint density at radius 3 is 2.40 bits per heavy atom. The number of nitrogens with one attached hydrogen (secondary N) is 3. The van der Waals surface area contributed by atoms with E-state index >= 15 is 0 Å². The molecule has 1 fully saturated rings. The van der Waals surface area contributed by atoms with Crippen molar-refractivity contribution in [3.8, 4) is 0 Å². The number of likely N-dealkylation sites (N-methyl/N-ethyl adjacent to an activating group) is 1. The van der Waals surface area contributed by atoms with Crippen LogP contribution in [0.25, 0.3) is 0 Å². The summed E-state index contributed by atoms with van der Waals surface area (Å²) >= 11 is 0. The quantitative estimate of drug-likeness (QED) is 0.200. The predicted molar refractivity (Wildman–Crippen MR) is 146 cm³/mol. The van der Waals surface area contributed by atoms with Gasteiger partial charge in [-0.3, -0.25) is 29.2 Å². The maximum Gasteiger partial charge on any atom is 0.265 e. The molecule has 1 heterocycles. The van der Waals surface area contributed by atoms with Crippen LogP contribution in [0.1, 0.15) is 69.7 Å². The van der Waals surface area contributed by atoms with Crippen LogP contribution in [0.5, 0.6) is 0 Å². The minimum absolute atomic E-state index is 0.0175. The van der Waals surface area contributed by atoms with E-state index in [0.717, 1.165) is 6.42 Å². The zero-order valence-electron chi connectivity index (χ0n) is 23.7. The fraction of sp³-hybridized carbons (Fsp3) is 0.607. The van der Waals surface area contributed by atoms with Gasteiger partial charge in [-0.2, -0.15) is 0 Å². The van der Waals surface area contributed by atoms with Crippen LogP contribution in [0, 0.1) is 5.92 Å². The average Bonchev–Trinajstić information content (AvgIpc) is 3.36. The molecule has 222 valence electrons. The highest BCUT2D eigenvalue weighted by atomic mass is 19.1. The Balaban J connectivity index is 2.14. The maximum absolute atomic E-state index is 14.4. The molecule has 11 nitrogen and oxygen atoms in total. The molecule has 0 saturated carbocycles. The fourth-order valence-corrected chi connectivity index (χ4v) is 4.80. The van der Waals surface area contributed by atoms with Gasteiger partial charge in [-0.25, -0.2) is 9.87 Å². The first-order chi connectivity index (χ1) is 19.0. The van der Waals surface area contributed by atoms with E-state index in [1.165, 1.54) is 22.3 Å². The van der Waals surface area contributed by atoms with Crippen molar-refractivity contribution in [2.24, 2.45) is 5.92 Å². The van der Waals surface area contributed by atoms with Gasteiger partial charge in [0, 0.05) is 32.0 Å². The molecular formula is C28H42FN5O6. The van der Waals surface area contributed by atoms with E-state index < -0.39 is 42.0 Å². The minimum atomic E-state index is -1.34. The third kappa shape index (κ3) is 8.73. The van der Waals surface area contributed by atoms with E-state index in [1.807, 2.05) is 13.8 Å². The van der Waals surface area contributed by atoms with Crippen LogP contribution < -0.4 is 16.1 Å². The number of rotatable bonds is 14. The summed E-state index contributed by atoms with van der Waals surface area (Å²) in [5.74, 6) is -3.09. The normalized spacial score (nSPS) is 18.8. The van der Waals surface area contributed by atoms with E-state index in [2.05, 4.69) is 10.6 Å². The molecule has 1 unspecified atom stereocenters. The Morgan fingerprint density at radius 1 is 1.12 bits per heavy atom. The monoisotopic (exact) mass is 563 g/mol. The molecule has 1 aromatic carbocycles.